The molecule has 0 bridgehead atoms. The molecule has 164 valence electrons. The van der Waals surface area contributed by atoms with E-state index in [-0.39, 0.29) is 11.3 Å². The summed E-state index contributed by atoms with van der Waals surface area (Å²) in [6.45, 7) is 5.42. The molecule has 3 rings (SSSR count). The molecular weight excluding hydrogens is 392 g/mol. The van der Waals surface area contributed by atoms with Crippen LogP contribution in [-0.4, -0.2) is 60.4 Å². The van der Waals surface area contributed by atoms with Gasteiger partial charge in [-0.1, -0.05) is 43.3 Å². The van der Waals surface area contributed by atoms with Crippen LogP contribution in [0.25, 0.3) is 5.76 Å². The summed E-state index contributed by atoms with van der Waals surface area (Å²) in [5.41, 5.74) is 2.50. The summed E-state index contributed by atoms with van der Waals surface area (Å²) in [6.07, 6.45) is 0.875. The van der Waals surface area contributed by atoms with Gasteiger partial charge in [-0.25, -0.2) is 0 Å². The van der Waals surface area contributed by atoms with Crippen LogP contribution in [0.3, 0.4) is 0 Å². The van der Waals surface area contributed by atoms with Crippen LogP contribution in [0, 0.1) is 0 Å². The van der Waals surface area contributed by atoms with Crippen LogP contribution in [0.5, 0.6) is 5.75 Å². The highest BCUT2D eigenvalue weighted by molar-refractivity contribution is 6.46. The van der Waals surface area contributed by atoms with E-state index in [1.807, 2.05) is 62.3 Å². The SMILES string of the molecule is CCOc1cccc(C2/C(=C(/O)c3ccc(CC)cc3)C(=O)C(=O)N2CCN(C)C)c1. The Morgan fingerprint density at radius 2 is 1.81 bits per heavy atom. The first kappa shape index (κ1) is 22.6. The van der Waals surface area contributed by atoms with Gasteiger partial charge in [0.1, 0.15) is 11.5 Å². The maximum absolute atomic E-state index is 13.0. The van der Waals surface area contributed by atoms with Crippen LogP contribution >= 0.6 is 0 Å². The molecular formula is C25H30N2O4. The molecule has 1 aliphatic heterocycles. The van der Waals surface area contributed by atoms with E-state index in [4.69, 9.17) is 4.74 Å². The lowest BCUT2D eigenvalue weighted by Gasteiger charge is -2.27. The number of hydrogen-bond donors (Lipinski definition) is 1. The van der Waals surface area contributed by atoms with Gasteiger partial charge in [-0.15, -0.1) is 0 Å². The largest absolute Gasteiger partial charge is 0.507 e. The standard InChI is InChI=1S/C25H30N2O4/c1-5-17-10-12-18(13-11-17)23(28)21-22(19-8-7-9-20(16-19)31-6-2)27(15-14-26(3)4)25(30)24(21)29/h7-13,16,22,28H,5-6,14-15H2,1-4H3/b23-21-. The third-order valence-electron chi connectivity index (χ3n) is 5.45. The van der Waals surface area contributed by atoms with Gasteiger partial charge in [0.15, 0.2) is 0 Å². The number of likely N-dealkylation sites (tertiary alicyclic amines) is 1. The average molecular weight is 423 g/mol. The van der Waals surface area contributed by atoms with Crippen molar-refractivity contribution in [1.82, 2.24) is 9.80 Å². The molecule has 31 heavy (non-hydrogen) atoms. The fourth-order valence-corrected chi connectivity index (χ4v) is 3.76. The molecule has 6 heteroatoms. The smallest absolute Gasteiger partial charge is 0.295 e. The van der Waals surface area contributed by atoms with E-state index in [0.29, 0.717) is 31.0 Å². The minimum absolute atomic E-state index is 0.113. The quantitative estimate of drug-likeness (QED) is 0.400. The molecule has 0 aromatic heterocycles. The number of carbonyl (C=O) groups excluding carboxylic acids is 2. The lowest BCUT2D eigenvalue weighted by molar-refractivity contribution is -0.140. The zero-order chi connectivity index (χ0) is 22.5. The predicted molar refractivity (Wildman–Crippen MR) is 121 cm³/mol. The van der Waals surface area contributed by atoms with Gasteiger partial charge in [0.05, 0.1) is 18.2 Å². The fraction of sp³-hybridized carbons (Fsp3) is 0.360. The summed E-state index contributed by atoms with van der Waals surface area (Å²) < 4.78 is 5.62. The molecule has 0 spiro atoms. The third-order valence-corrected chi connectivity index (χ3v) is 5.45. The second-order valence-electron chi connectivity index (χ2n) is 7.85. The summed E-state index contributed by atoms with van der Waals surface area (Å²) >= 11 is 0. The number of carbonyl (C=O) groups is 2. The van der Waals surface area contributed by atoms with Crippen LogP contribution in [0.15, 0.2) is 54.1 Å². The van der Waals surface area contributed by atoms with E-state index in [0.717, 1.165) is 17.5 Å². The number of hydrogen-bond acceptors (Lipinski definition) is 5. The second-order valence-corrected chi connectivity index (χ2v) is 7.85. The summed E-state index contributed by atoms with van der Waals surface area (Å²) in [7, 11) is 3.83. The van der Waals surface area contributed by atoms with Gasteiger partial charge in [-0.2, -0.15) is 0 Å². The molecule has 2 aromatic rings. The first-order valence-corrected chi connectivity index (χ1v) is 10.6. The van der Waals surface area contributed by atoms with Crippen LogP contribution in [0.4, 0.5) is 0 Å². The molecule has 6 nitrogen and oxygen atoms in total. The number of benzene rings is 2. The fourth-order valence-electron chi connectivity index (χ4n) is 3.76. The molecule has 1 atom stereocenters. The maximum Gasteiger partial charge on any atom is 0.295 e. The van der Waals surface area contributed by atoms with Crippen molar-refractivity contribution in [3.63, 3.8) is 0 Å². The van der Waals surface area contributed by atoms with Crippen molar-refractivity contribution >= 4 is 17.4 Å². The Labute approximate surface area is 183 Å². The van der Waals surface area contributed by atoms with Gasteiger partial charge in [-0.3, -0.25) is 9.59 Å². The van der Waals surface area contributed by atoms with Gasteiger partial charge in [-0.05, 0) is 50.7 Å². The van der Waals surface area contributed by atoms with Crippen LogP contribution < -0.4 is 4.74 Å². The Hall–Kier alpha value is -3.12. The molecule has 0 saturated carbocycles. The highest BCUT2D eigenvalue weighted by atomic mass is 16.5. The third kappa shape index (κ3) is 4.80. The second kappa shape index (κ2) is 9.79. The molecule has 1 N–H and O–H groups in total. The molecule has 1 unspecified atom stereocenters. The molecule has 1 saturated heterocycles. The molecule has 0 radical (unpaired) electrons. The summed E-state index contributed by atoms with van der Waals surface area (Å²) in [6, 6.07) is 14.1. The van der Waals surface area contributed by atoms with E-state index in [2.05, 4.69) is 6.92 Å². The number of amides is 1. The van der Waals surface area contributed by atoms with Gasteiger partial charge in [0, 0.05) is 18.7 Å². The molecule has 1 heterocycles. The summed E-state index contributed by atoms with van der Waals surface area (Å²) in [5, 5.41) is 11.1. The monoisotopic (exact) mass is 422 g/mol. The number of aliphatic hydroxyl groups excluding tert-OH is 1. The minimum atomic E-state index is -0.675. The van der Waals surface area contributed by atoms with Crippen LogP contribution in [0.1, 0.15) is 36.6 Å². The zero-order valence-electron chi connectivity index (χ0n) is 18.6. The number of ether oxygens (including phenoxy) is 1. The van der Waals surface area contributed by atoms with Gasteiger partial charge in [0.25, 0.3) is 11.7 Å². The Morgan fingerprint density at radius 1 is 1.10 bits per heavy atom. The maximum atomic E-state index is 13.0. The van der Waals surface area contributed by atoms with Gasteiger partial charge in [0.2, 0.25) is 0 Å². The molecule has 1 amide bonds. The molecule has 1 aliphatic rings. The number of likely N-dealkylation sites (N-methyl/N-ethyl adjacent to an activating group) is 1. The zero-order valence-corrected chi connectivity index (χ0v) is 18.6. The summed E-state index contributed by atoms with van der Waals surface area (Å²) in [4.78, 5) is 29.5. The van der Waals surface area contributed by atoms with Crippen LogP contribution in [0.2, 0.25) is 0 Å². The van der Waals surface area contributed by atoms with Crippen molar-refractivity contribution in [2.75, 3.05) is 33.8 Å². The predicted octanol–water partition coefficient (Wildman–Crippen LogP) is 3.63. The topological polar surface area (TPSA) is 70.1 Å². The highest BCUT2D eigenvalue weighted by Crippen LogP contribution is 2.40. The molecule has 1 fully saturated rings. The highest BCUT2D eigenvalue weighted by Gasteiger charge is 2.46. The van der Waals surface area contributed by atoms with Crippen molar-refractivity contribution in [1.29, 1.82) is 0 Å². The lowest BCUT2D eigenvalue weighted by Crippen LogP contribution is -2.35. The van der Waals surface area contributed by atoms with Gasteiger partial charge >= 0.3 is 0 Å². The van der Waals surface area contributed by atoms with Crippen molar-refractivity contribution < 1.29 is 19.4 Å². The average Bonchev–Trinajstić information content (AvgIpc) is 3.02. The van der Waals surface area contributed by atoms with Crippen molar-refractivity contribution in [3.05, 3.63) is 70.8 Å². The number of aryl methyl sites for hydroxylation is 1. The Morgan fingerprint density at radius 3 is 2.42 bits per heavy atom. The Balaban J connectivity index is 2.12. The Kier molecular flexibility index (Phi) is 7.13. The molecule has 2 aromatic carbocycles. The normalized spacial score (nSPS) is 18.1. The first-order valence-electron chi connectivity index (χ1n) is 10.6. The summed E-state index contributed by atoms with van der Waals surface area (Å²) in [5.74, 6) is -0.756. The van der Waals surface area contributed by atoms with E-state index in [9.17, 15) is 14.7 Å². The van der Waals surface area contributed by atoms with Gasteiger partial charge < -0.3 is 19.6 Å². The lowest BCUT2D eigenvalue weighted by atomic mass is 9.94. The van der Waals surface area contributed by atoms with Crippen molar-refractivity contribution in [2.24, 2.45) is 0 Å². The first-order chi connectivity index (χ1) is 14.9. The Bertz CT molecular complexity index is 979. The van der Waals surface area contributed by atoms with E-state index < -0.39 is 17.7 Å². The van der Waals surface area contributed by atoms with E-state index in [1.54, 1.807) is 17.0 Å². The number of nitrogens with zero attached hydrogens (tertiary/aromatic N) is 2. The number of aliphatic hydroxyl groups is 1. The van der Waals surface area contributed by atoms with Crippen LogP contribution in [-0.2, 0) is 16.0 Å². The minimum Gasteiger partial charge on any atom is -0.507 e. The molecule has 0 aliphatic carbocycles. The van der Waals surface area contributed by atoms with E-state index >= 15 is 0 Å². The van der Waals surface area contributed by atoms with Crippen molar-refractivity contribution in [3.8, 4) is 5.75 Å². The number of ketones is 1. The van der Waals surface area contributed by atoms with Crippen molar-refractivity contribution in [2.45, 2.75) is 26.3 Å². The number of rotatable bonds is 8. The van der Waals surface area contributed by atoms with E-state index in [1.165, 1.54) is 0 Å². The number of Topliss-reactive ketones (excluding diaryl/α,β-unsaturated/α-hetero) is 1.